The summed E-state index contributed by atoms with van der Waals surface area (Å²) in [7, 11) is 0. The van der Waals surface area contributed by atoms with E-state index in [-0.39, 0.29) is 13.2 Å². The Kier molecular flexibility index (Phi) is 13.0. The Bertz CT molecular complexity index is 138. The van der Waals surface area contributed by atoms with Crippen molar-refractivity contribution in [1.29, 1.82) is 0 Å². The Morgan fingerprint density at radius 1 is 0.714 bits per heavy atom. The summed E-state index contributed by atoms with van der Waals surface area (Å²) in [5, 5.41) is 31.4. The standard InChI is InChI=1S/C6H14O2.C2H2O4/c7-5-3-1-2-4-6-8;3-1(4)2(5)6/h7-8H,1-6H2;(H,3,4)(H,5,6). The van der Waals surface area contributed by atoms with Crippen molar-refractivity contribution < 1.29 is 30.0 Å². The van der Waals surface area contributed by atoms with Gasteiger partial charge in [0.25, 0.3) is 0 Å². The lowest BCUT2D eigenvalue weighted by atomic mass is 10.2. The van der Waals surface area contributed by atoms with Crippen LogP contribution in [0.15, 0.2) is 0 Å². The number of carboxylic acid groups (broad SMARTS) is 2. The second kappa shape index (κ2) is 11.9. The predicted octanol–water partition coefficient (Wildman–Crippen LogP) is -0.313. The molecule has 0 aliphatic carbocycles. The van der Waals surface area contributed by atoms with Crippen LogP contribution in [0.25, 0.3) is 0 Å². The van der Waals surface area contributed by atoms with Crippen LogP contribution < -0.4 is 0 Å². The number of rotatable bonds is 5. The van der Waals surface area contributed by atoms with Crippen molar-refractivity contribution in [2.24, 2.45) is 0 Å². The van der Waals surface area contributed by atoms with Crippen LogP contribution in [0.4, 0.5) is 0 Å². The molecule has 0 aromatic heterocycles. The maximum Gasteiger partial charge on any atom is 0.414 e. The topological polar surface area (TPSA) is 115 Å². The van der Waals surface area contributed by atoms with Crippen molar-refractivity contribution in [3.63, 3.8) is 0 Å². The fourth-order valence-electron chi connectivity index (χ4n) is 0.577. The highest BCUT2D eigenvalue weighted by atomic mass is 16.4. The Hall–Kier alpha value is -1.14. The monoisotopic (exact) mass is 208 g/mol. The van der Waals surface area contributed by atoms with Crippen molar-refractivity contribution in [3.05, 3.63) is 0 Å². The second-order valence-electron chi connectivity index (χ2n) is 2.47. The van der Waals surface area contributed by atoms with E-state index in [1.165, 1.54) is 0 Å². The molecule has 0 atom stereocenters. The maximum atomic E-state index is 9.10. The zero-order chi connectivity index (χ0) is 11.4. The fraction of sp³-hybridized carbons (Fsp3) is 0.750. The fourth-order valence-corrected chi connectivity index (χ4v) is 0.577. The lowest BCUT2D eigenvalue weighted by Crippen LogP contribution is -2.09. The van der Waals surface area contributed by atoms with Crippen molar-refractivity contribution in [2.75, 3.05) is 13.2 Å². The summed E-state index contributed by atoms with van der Waals surface area (Å²) in [6.45, 7) is 0.566. The summed E-state index contributed by atoms with van der Waals surface area (Å²) >= 11 is 0. The molecule has 0 fully saturated rings. The lowest BCUT2D eigenvalue weighted by Gasteiger charge is -1.93. The minimum Gasteiger partial charge on any atom is -0.473 e. The molecule has 0 aromatic rings. The highest BCUT2D eigenvalue weighted by Crippen LogP contribution is 1.96. The van der Waals surface area contributed by atoms with Crippen molar-refractivity contribution in [1.82, 2.24) is 0 Å². The third-order valence-electron chi connectivity index (χ3n) is 1.25. The van der Waals surface area contributed by atoms with Gasteiger partial charge in [-0.15, -0.1) is 0 Å². The first-order chi connectivity index (χ1) is 6.56. The van der Waals surface area contributed by atoms with E-state index in [4.69, 9.17) is 30.0 Å². The van der Waals surface area contributed by atoms with Gasteiger partial charge in [0.1, 0.15) is 0 Å². The van der Waals surface area contributed by atoms with Gasteiger partial charge in [0.2, 0.25) is 0 Å². The van der Waals surface area contributed by atoms with Crippen LogP contribution in [0.2, 0.25) is 0 Å². The van der Waals surface area contributed by atoms with E-state index >= 15 is 0 Å². The first-order valence-electron chi connectivity index (χ1n) is 4.24. The van der Waals surface area contributed by atoms with E-state index in [1.54, 1.807) is 0 Å². The number of carboxylic acids is 2. The Morgan fingerprint density at radius 3 is 1.14 bits per heavy atom. The van der Waals surface area contributed by atoms with Gasteiger partial charge in [-0.05, 0) is 12.8 Å². The quantitative estimate of drug-likeness (QED) is 0.364. The van der Waals surface area contributed by atoms with E-state index in [0.717, 1.165) is 25.7 Å². The summed E-state index contributed by atoms with van der Waals surface area (Å²) < 4.78 is 0. The molecule has 0 saturated carbocycles. The van der Waals surface area contributed by atoms with Gasteiger partial charge in [0, 0.05) is 13.2 Å². The number of hydrogen-bond acceptors (Lipinski definition) is 4. The highest BCUT2D eigenvalue weighted by Gasteiger charge is 2.04. The molecule has 0 aromatic carbocycles. The van der Waals surface area contributed by atoms with Gasteiger partial charge < -0.3 is 20.4 Å². The molecule has 0 aliphatic rings. The zero-order valence-corrected chi connectivity index (χ0v) is 7.85. The van der Waals surface area contributed by atoms with Crippen LogP contribution in [-0.2, 0) is 9.59 Å². The summed E-state index contributed by atoms with van der Waals surface area (Å²) in [5.74, 6) is -3.65. The Labute approximate surface area is 81.8 Å². The Morgan fingerprint density at radius 2 is 1.00 bits per heavy atom. The SMILES string of the molecule is O=C(O)C(=O)O.OCCCCCCO. The van der Waals surface area contributed by atoms with Gasteiger partial charge in [-0.3, -0.25) is 0 Å². The van der Waals surface area contributed by atoms with Crippen molar-refractivity contribution >= 4 is 11.9 Å². The second-order valence-corrected chi connectivity index (χ2v) is 2.47. The normalized spacial score (nSPS) is 8.71. The van der Waals surface area contributed by atoms with Gasteiger partial charge in [0.05, 0.1) is 0 Å². The molecule has 4 N–H and O–H groups in total. The summed E-state index contributed by atoms with van der Waals surface area (Å²) in [6, 6.07) is 0. The first kappa shape index (κ1) is 15.3. The maximum absolute atomic E-state index is 9.10. The summed E-state index contributed by atoms with van der Waals surface area (Å²) in [4.78, 5) is 18.2. The molecule has 0 amide bonds. The molecule has 0 rings (SSSR count). The van der Waals surface area contributed by atoms with Gasteiger partial charge in [-0.2, -0.15) is 0 Å². The van der Waals surface area contributed by atoms with E-state index in [0.29, 0.717) is 0 Å². The van der Waals surface area contributed by atoms with Crippen LogP contribution >= 0.6 is 0 Å². The van der Waals surface area contributed by atoms with E-state index < -0.39 is 11.9 Å². The Balaban J connectivity index is 0. The molecule has 0 heterocycles. The molecule has 0 saturated heterocycles. The van der Waals surface area contributed by atoms with Crippen LogP contribution in [0.3, 0.4) is 0 Å². The van der Waals surface area contributed by atoms with Gasteiger partial charge in [-0.1, -0.05) is 12.8 Å². The minimum absolute atomic E-state index is 0.283. The third-order valence-corrected chi connectivity index (χ3v) is 1.25. The molecular weight excluding hydrogens is 192 g/mol. The number of unbranched alkanes of at least 4 members (excludes halogenated alkanes) is 3. The molecule has 0 aliphatic heterocycles. The third kappa shape index (κ3) is 17.1. The molecular formula is C8H16O6. The number of hydrogen-bond donors (Lipinski definition) is 4. The molecule has 84 valence electrons. The van der Waals surface area contributed by atoms with Crippen LogP contribution in [0.1, 0.15) is 25.7 Å². The van der Waals surface area contributed by atoms with Crippen molar-refractivity contribution in [2.45, 2.75) is 25.7 Å². The predicted molar refractivity (Wildman–Crippen MR) is 47.9 cm³/mol. The molecule has 0 bridgehead atoms. The van der Waals surface area contributed by atoms with Crippen LogP contribution in [0.5, 0.6) is 0 Å². The van der Waals surface area contributed by atoms with Gasteiger partial charge in [0.15, 0.2) is 0 Å². The largest absolute Gasteiger partial charge is 0.473 e. The van der Waals surface area contributed by atoms with E-state index in [1.807, 2.05) is 0 Å². The van der Waals surface area contributed by atoms with E-state index in [9.17, 15) is 0 Å². The van der Waals surface area contributed by atoms with Crippen LogP contribution in [0, 0.1) is 0 Å². The van der Waals surface area contributed by atoms with Crippen LogP contribution in [-0.4, -0.2) is 45.6 Å². The minimum atomic E-state index is -1.82. The van der Waals surface area contributed by atoms with Gasteiger partial charge >= 0.3 is 11.9 Å². The smallest absolute Gasteiger partial charge is 0.414 e. The number of carbonyl (C=O) groups is 2. The average Bonchev–Trinajstić information content (AvgIpc) is 2.13. The van der Waals surface area contributed by atoms with Gasteiger partial charge in [-0.25, -0.2) is 9.59 Å². The molecule has 14 heavy (non-hydrogen) atoms. The van der Waals surface area contributed by atoms with Crippen molar-refractivity contribution in [3.8, 4) is 0 Å². The number of aliphatic hydroxyl groups is 2. The zero-order valence-electron chi connectivity index (χ0n) is 7.85. The average molecular weight is 208 g/mol. The lowest BCUT2D eigenvalue weighted by molar-refractivity contribution is -0.159. The highest BCUT2D eigenvalue weighted by molar-refractivity contribution is 6.27. The molecule has 0 spiro atoms. The molecule has 6 nitrogen and oxygen atoms in total. The van der Waals surface area contributed by atoms with E-state index in [2.05, 4.69) is 0 Å². The molecule has 6 heteroatoms. The summed E-state index contributed by atoms with van der Waals surface area (Å²) in [5.41, 5.74) is 0. The molecule has 0 unspecified atom stereocenters. The number of aliphatic carboxylic acids is 2. The molecule has 0 radical (unpaired) electrons. The number of aliphatic hydroxyl groups excluding tert-OH is 2. The summed E-state index contributed by atoms with van der Waals surface area (Å²) in [6.07, 6.45) is 3.83. The first-order valence-corrected chi connectivity index (χ1v) is 4.24.